The first-order valence-electron chi connectivity index (χ1n) is 4.78. The highest BCUT2D eigenvalue weighted by molar-refractivity contribution is 5.89. The summed E-state index contributed by atoms with van der Waals surface area (Å²) in [4.78, 5) is 11.2. The summed E-state index contributed by atoms with van der Waals surface area (Å²) in [5, 5.41) is 7.77. The van der Waals surface area contributed by atoms with E-state index in [1.165, 1.54) is 7.11 Å². The number of aromatic nitrogens is 2. The third-order valence-corrected chi connectivity index (χ3v) is 2.17. The van der Waals surface area contributed by atoms with Gasteiger partial charge in [0.25, 0.3) is 0 Å². The Bertz CT molecular complexity index is 480. The van der Waals surface area contributed by atoms with Crippen molar-refractivity contribution in [3.63, 3.8) is 0 Å². The lowest BCUT2D eigenvalue weighted by Gasteiger charge is -2.01. The minimum absolute atomic E-state index is 0.342. The summed E-state index contributed by atoms with van der Waals surface area (Å²) in [5.74, 6) is -0.342. The molecule has 0 radical (unpaired) electrons. The molecule has 1 aromatic heterocycles. The molecule has 4 heteroatoms. The zero-order valence-corrected chi connectivity index (χ0v) is 8.75. The topological polar surface area (TPSA) is 52.1 Å². The number of carbonyl (C=O) groups excluding carboxylic acids is 1. The molecule has 0 saturated carbocycles. The largest absolute Gasteiger partial charge is 0.465 e. The van der Waals surface area contributed by atoms with Crippen LogP contribution in [-0.4, -0.2) is 23.3 Å². The van der Waals surface area contributed by atoms with E-state index in [0.29, 0.717) is 5.56 Å². The number of esters is 1. The van der Waals surface area contributed by atoms with Crippen LogP contribution in [0.25, 0.3) is 11.3 Å². The normalized spacial score (nSPS) is 9.81. The van der Waals surface area contributed by atoms with E-state index in [4.69, 9.17) is 0 Å². The first-order valence-corrected chi connectivity index (χ1v) is 4.78. The summed E-state index contributed by atoms with van der Waals surface area (Å²) < 4.78 is 4.61. The summed E-state index contributed by atoms with van der Waals surface area (Å²) >= 11 is 0. The van der Waals surface area contributed by atoms with Crippen LogP contribution in [0.15, 0.2) is 42.6 Å². The standard InChI is InChI=1S/C12H10N2O2/c1-16-12(15)10-6-4-9(5-7-10)11-3-2-8-13-14-11/h2-8H,1H3. The molecule has 0 unspecified atom stereocenters. The molecular weight excluding hydrogens is 204 g/mol. The van der Waals surface area contributed by atoms with E-state index in [1.807, 2.05) is 24.3 Å². The Morgan fingerprint density at radius 3 is 2.50 bits per heavy atom. The first-order chi connectivity index (χ1) is 7.81. The van der Waals surface area contributed by atoms with Crippen molar-refractivity contribution in [1.82, 2.24) is 10.2 Å². The van der Waals surface area contributed by atoms with Gasteiger partial charge in [-0.05, 0) is 24.3 Å². The van der Waals surface area contributed by atoms with E-state index >= 15 is 0 Å². The summed E-state index contributed by atoms with van der Waals surface area (Å²) in [7, 11) is 1.36. The van der Waals surface area contributed by atoms with Crippen LogP contribution in [0, 0.1) is 0 Å². The van der Waals surface area contributed by atoms with Gasteiger partial charge in [-0.3, -0.25) is 0 Å². The van der Waals surface area contributed by atoms with E-state index in [-0.39, 0.29) is 5.97 Å². The van der Waals surface area contributed by atoms with Gasteiger partial charge in [0, 0.05) is 11.8 Å². The number of ether oxygens (including phenoxy) is 1. The molecule has 0 spiro atoms. The van der Waals surface area contributed by atoms with E-state index in [0.717, 1.165) is 11.3 Å². The van der Waals surface area contributed by atoms with E-state index in [2.05, 4.69) is 14.9 Å². The van der Waals surface area contributed by atoms with E-state index in [9.17, 15) is 4.79 Å². The second kappa shape index (κ2) is 4.53. The highest BCUT2D eigenvalue weighted by Crippen LogP contribution is 2.16. The summed E-state index contributed by atoms with van der Waals surface area (Å²) in [6.07, 6.45) is 1.62. The predicted octanol–water partition coefficient (Wildman–Crippen LogP) is 1.93. The lowest BCUT2D eigenvalue weighted by Crippen LogP contribution is -2.00. The lowest BCUT2D eigenvalue weighted by molar-refractivity contribution is 0.0601. The third kappa shape index (κ3) is 2.06. The van der Waals surface area contributed by atoms with Gasteiger partial charge in [0.15, 0.2) is 0 Å². The maximum Gasteiger partial charge on any atom is 0.337 e. The molecule has 0 aliphatic carbocycles. The van der Waals surface area contributed by atoms with E-state index in [1.54, 1.807) is 18.3 Å². The molecule has 16 heavy (non-hydrogen) atoms. The fourth-order valence-corrected chi connectivity index (χ4v) is 1.35. The molecule has 1 aromatic carbocycles. The molecule has 0 bridgehead atoms. The average Bonchev–Trinajstić information content (AvgIpc) is 2.39. The molecule has 2 aromatic rings. The number of carbonyl (C=O) groups is 1. The Kier molecular flexibility index (Phi) is 2.91. The van der Waals surface area contributed by atoms with Gasteiger partial charge in [-0.25, -0.2) is 4.79 Å². The van der Waals surface area contributed by atoms with Crippen molar-refractivity contribution in [2.75, 3.05) is 7.11 Å². The fourth-order valence-electron chi connectivity index (χ4n) is 1.35. The molecule has 80 valence electrons. The summed E-state index contributed by atoms with van der Waals surface area (Å²) in [5.41, 5.74) is 2.22. The van der Waals surface area contributed by atoms with Crippen LogP contribution in [0.2, 0.25) is 0 Å². The molecule has 0 aliphatic heterocycles. The quantitative estimate of drug-likeness (QED) is 0.717. The Labute approximate surface area is 92.9 Å². The van der Waals surface area contributed by atoms with Crippen molar-refractivity contribution >= 4 is 5.97 Å². The number of rotatable bonds is 2. The minimum Gasteiger partial charge on any atom is -0.465 e. The molecule has 0 aliphatic rings. The number of methoxy groups -OCH3 is 1. The summed E-state index contributed by atoms with van der Waals surface area (Å²) in [6, 6.07) is 10.7. The van der Waals surface area contributed by atoms with E-state index < -0.39 is 0 Å². The average molecular weight is 214 g/mol. The van der Waals surface area contributed by atoms with Gasteiger partial charge in [-0.1, -0.05) is 12.1 Å². The Morgan fingerprint density at radius 1 is 1.19 bits per heavy atom. The third-order valence-electron chi connectivity index (χ3n) is 2.17. The maximum atomic E-state index is 11.2. The second-order valence-corrected chi connectivity index (χ2v) is 3.18. The molecule has 0 amide bonds. The monoisotopic (exact) mass is 214 g/mol. The maximum absolute atomic E-state index is 11.2. The zero-order valence-electron chi connectivity index (χ0n) is 8.75. The molecule has 0 fully saturated rings. The van der Waals surface area contributed by atoms with Crippen molar-refractivity contribution in [1.29, 1.82) is 0 Å². The number of nitrogens with zero attached hydrogens (tertiary/aromatic N) is 2. The Morgan fingerprint density at radius 2 is 1.94 bits per heavy atom. The first kappa shape index (κ1) is 10.3. The van der Waals surface area contributed by atoms with Crippen LogP contribution in [0.5, 0.6) is 0 Å². The van der Waals surface area contributed by atoms with Gasteiger partial charge in [-0.2, -0.15) is 10.2 Å². The van der Waals surface area contributed by atoms with Crippen molar-refractivity contribution in [2.24, 2.45) is 0 Å². The van der Waals surface area contributed by atoms with Crippen molar-refractivity contribution in [3.8, 4) is 11.3 Å². The Balaban J connectivity index is 2.30. The smallest absolute Gasteiger partial charge is 0.337 e. The van der Waals surface area contributed by atoms with Gasteiger partial charge in [0.2, 0.25) is 0 Å². The SMILES string of the molecule is COC(=O)c1ccc(-c2cccnn2)cc1. The zero-order chi connectivity index (χ0) is 11.4. The highest BCUT2D eigenvalue weighted by Gasteiger charge is 2.05. The fraction of sp³-hybridized carbons (Fsp3) is 0.0833. The van der Waals surface area contributed by atoms with Crippen molar-refractivity contribution < 1.29 is 9.53 Å². The predicted molar refractivity (Wildman–Crippen MR) is 58.8 cm³/mol. The number of hydrogen-bond acceptors (Lipinski definition) is 4. The number of hydrogen-bond donors (Lipinski definition) is 0. The molecule has 0 saturated heterocycles. The molecule has 4 nitrogen and oxygen atoms in total. The van der Waals surface area contributed by atoms with Crippen LogP contribution < -0.4 is 0 Å². The van der Waals surface area contributed by atoms with Crippen LogP contribution in [0.1, 0.15) is 10.4 Å². The second-order valence-electron chi connectivity index (χ2n) is 3.18. The van der Waals surface area contributed by atoms with Gasteiger partial charge in [0.1, 0.15) is 0 Å². The van der Waals surface area contributed by atoms with Gasteiger partial charge in [0.05, 0.1) is 18.4 Å². The van der Waals surface area contributed by atoms with Crippen molar-refractivity contribution in [2.45, 2.75) is 0 Å². The van der Waals surface area contributed by atoms with Crippen LogP contribution in [-0.2, 0) is 4.74 Å². The Hall–Kier alpha value is -2.23. The minimum atomic E-state index is -0.342. The van der Waals surface area contributed by atoms with Crippen LogP contribution >= 0.6 is 0 Å². The van der Waals surface area contributed by atoms with Crippen LogP contribution in [0.4, 0.5) is 0 Å². The molecule has 0 atom stereocenters. The summed E-state index contributed by atoms with van der Waals surface area (Å²) in [6.45, 7) is 0. The molecule has 2 rings (SSSR count). The van der Waals surface area contributed by atoms with Crippen LogP contribution in [0.3, 0.4) is 0 Å². The van der Waals surface area contributed by atoms with Gasteiger partial charge >= 0.3 is 5.97 Å². The molecule has 0 N–H and O–H groups in total. The number of benzene rings is 1. The highest BCUT2D eigenvalue weighted by atomic mass is 16.5. The molecule has 1 heterocycles. The van der Waals surface area contributed by atoms with Gasteiger partial charge < -0.3 is 4.74 Å². The van der Waals surface area contributed by atoms with Gasteiger partial charge in [-0.15, -0.1) is 0 Å². The van der Waals surface area contributed by atoms with Crippen molar-refractivity contribution in [3.05, 3.63) is 48.2 Å². The molecular formula is C12H10N2O2. The lowest BCUT2D eigenvalue weighted by atomic mass is 10.1.